The van der Waals surface area contributed by atoms with Crippen LogP contribution in [0.3, 0.4) is 0 Å². The van der Waals surface area contributed by atoms with Crippen LogP contribution >= 0.6 is 0 Å². The van der Waals surface area contributed by atoms with E-state index in [1.807, 2.05) is 12.2 Å². The quantitative estimate of drug-likeness (QED) is 0.630. The first-order valence-corrected chi connectivity index (χ1v) is 6.16. The van der Waals surface area contributed by atoms with Gasteiger partial charge in [-0.1, -0.05) is 12.2 Å². The molecule has 1 aliphatic rings. The maximum atomic E-state index is 11.7. The van der Waals surface area contributed by atoms with Gasteiger partial charge in [-0.25, -0.2) is 0 Å². The average Bonchev–Trinajstić information content (AvgIpc) is 2.68. The van der Waals surface area contributed by atoms with Crippen molar-refractivity contribution in [3.8, 4) is 0 Å². The lowest BCUT2D eigenvalue weighted by Crippen LogP contribution is -2.46. The lowest BCUT2D eigenvalue weighted by atomic mass is 9.85. The van der Waals surface area contributed by atoms with Crippen molar-refractivity contribution in [2.45, 2.75) is 51.0 Å². The van der Waals surface area contributed by atoms with Crippen molar-refractivity contribution in [3.63, 3.8) is 0 Å². The first-order valence-electron chi connectivity index (χ1n) is 6.16. The summed E-state index contributed by atoms with van der Waals surface area (Å²) in [4.78, 5) is 13.7. The van der Waals surface area contributed by atoms with Crippen LogP contribution in [-0.2, 0) is 4.79 Å². The number of carbonyl (C=O) groups is 1. The second-order valence-electron chi connectivity index (χ2n) is 4.65. The minimum atomic E-state index is 0.0776. The Balaban J connectivity index is 2.78. The van der Waals surface area contributed by atoms with Crippen LogP contribution in [0, 0.1) is 0 Å². The molecule has 16 heavy (non-hydrogen) atoms. The van der Waals surface area contributed by atoms with Gasteiger partial charge < -0.3 is 4.90 Å². The maximum Gasteiger partial charge on any atom is 0.219 e. The lowest BCUT2D eigenvalue weighted by molar-refractivity contribution is -0.133. The van der Waals surface area contributed by atoms with Gasteiger partial charge in [-0.05, 0) is 38.5 Å². The van der Waals surface area contributed by atoms with Gasteiger partial charge in [0.05, 0.1) is 0 Å². The molecule has 1 rings (SSSR count). The van der Waals surface area contributed by atoms with Gasteiger partial charge in [0.1, 0.15) is 0 Å². The largest absolute Gasteiger partial charge is 0.337 e. The Kier molecular flexibility index (Phi) is 4.78. The highest BCUT2D eigenvalue weighted by Gasteiger charge is 2.40. The molecule has 1 aliphatic heterocycles. The van der Waals surface area contributed by atoms with E-state index in [2.05, 4.69) is 18.1 Å². The number of amides is 1. The van der Waals surface area contributed by atoms with Crippen LogP contribution in [0.4, 0.5) is 0 Å². The summed E-state index contributed by atoms with van der Waals surface area (Å²) in [5, 5.41) is 0. The average molecular weight is 221 g/mol. The molecule has 0 aromatic heterocycles. The van der Waals surface area contributed by atoms with Gasteiger partial charge in [-0.15, -0.1) is 13.2 Å². The van der Waals surface area contributed by atoms with Crippen LogP contribution in [-0.4, -0.2) is 22.9 Å². The number of hydrogen-bond acceptors (Lipinski definition) is 1. The van der Waals surface area contributed by atoms with Crippen LogP contribution in [0.15, 0.2) is 25.3 Å². The van der Waals surface area contributed by atoms with E-state index in [-0.39, 0.29) is 11.4 Å². The molecule has 0 aromatic rings. The zero-order valence-corrected chi connectivity index (χ0v) is 10.4. The summed E-state index contributed by atoms with van der Waals surface area (Å²) in [5.41, 5.74) is 0.0776. The Hall–Kier alpha value is -1.05. The fourth-order valence-corrected chi connectivity index (χ4v) is 2.82. The smallest absolute Gasteiger partial charge is 0.219 e. The van der Waals surface area contributed by atoms with E-state index in [0.29, 0.717) is 0 Å². The van der Waals surface area contributed by atoms with Gasteiger partial charge in [-0.3, -0.25) is 4.79 Å². The highest BCUT2D eigenvalue weighted by atomic mass is 16.2. The minimum Gasteiger partial charge on any atom is -0.337 e. The fraction of sp³-hybridized carbons (Fsp3) is 0.643. The molecule has 0 N–H and O–H groups in total. The lowest BCUT2D eigenvalue weighted by Gasteiger charge is -2.38. The summed E-state index contributed by atoms with van der Waals surface area (Å²) < 4.78 is 0. The third-order valence-corrected chi connectivity index (χ3v) is 3.60. The predicted molar refractivity (Wildman–Crippen MR) is 68.2 cm³/mol. The maximum absolute atomic E-state index is 11.7. The monoisotopic (exact) mass is 221 g/mol. The van der Waals surface area contributed by atoms with Crippen molar-refractivity contribution >= 4 is 5.91 Å². The van der Waals surface area contributed by atoms with Gasteiger partial charge in [0, 0.05) is 19.0 Å². The summed E-state index contributed by atoms with van der Waals surface area (Å²) in [5.74, 6) is 0.214. The molecule has 2 heteroatoms. The Morgan fingerprint density at radius 1 is 1.31 bits per heavy atom. The molecule has 1 amide bonds. The van der Waals surface area contributed by atoms with Gasteiger partial charge in [-0.2, -0.15) is 0 Å². The van der Waals surface area contributed by atoms with Gasteiger partial charge in [0.15, 0.2) is 0 Å². The molecule has 1 heterocycles. The number of carbonyl (C=O) groups excluding carboxylic acids is 1. The minimum absolute atomic E-state index is 0.0776. The van der Waals surface area contributed by atoms with Crippen molar-refractivity contribution in [2.75, 3.05) is 6.54 Å². The molecule has 0 atom stereocenters. The molecule has 0 saturated carbocycles. The molecule has 0 radical (unpaired) electrons. The van der Waals surface area contributed by atoms with Crippen LogP contribution in [0.2, 0.25) is 0 Å². The topological polar surface area (TPSA) is 20.3 Å². The van der Waals surface area contributed by atoms with Gasteiger partial charge >= 0.3 is 0 Å². The van der Waals surface area contributed by atoms with Crippen molar-refractivity contribution in [3.05, 3.63) is 25.3 Å². The summed E-state index contributed by atoms with van der Waals surface area (Å²) in [6.45, 7) is 10.2. The molecule has 0 aromatic carbocycles. The van der Waals surface area contributed by atoms with Crippen molar-refractivity contribution in [2.24, 2.45) is 0 Å². The number of nitrogens with zero attached hydrogens (tertiary/aromatic N) is 1. The molecular formula is C14H23NO. The van der Waals surface area contributed by atoms with Crippen molar-refractivity contribution in [1.29, 1.82) is 0 Å². The first kappa shape index (κ1) is 13.0. The van der Waals surface area contributed by atoms with Crippen LogP contribution < -0.4 is 0 Å². The Labute approximate surface area is 99.0 Å². The Bertz CT molecular complexity index is 258. The molecule has 0 spiro atoms. The van der Waals surface area contributed by atoms with Crippen molar-refractivity contribution < 1.29 is 4.79 Å². The number of likely N-dealkylation sites (tertiary alicyclic amines) is 1. The van der Waals surface area contributed by atoms with E-state index in [9.17, 15) is 4.79 Å². The fourth-order valence-electron chi connectivity index (χ4n) is 2.82. The molecule has 90 valence electrons. The Morgan fingerprint density at radius 3 is 2.31 bits per heavy atom. The standard InChI is InChI=1S/C14H23NO/c1-4-6-9-14(10-7-5-2)11-8-12-15(14)13(3)16/h4-5H,1-2,6-12H2,3H3. The highest BCUT2D eigenvalue weighted by Crippen LogP contribution is 2.37. The predicted octanol–water partition coefficient (Wildman–Crippen LogP) is 3.30. The van der Waals surface area contributed by atoms with Gasteiger partial charge in [0.25, 0.3) is 0 Å². The summed E-state index contributed by atoms with van der Waals surface area (Å²) in [6, 6.07) is 0. The van der Waals surface area contributed by atoms with Gasteiger partial charge in [0.2, 0.25) is 5.91 Å². The molecule has 0 unspecified atom stereocenters. The number of hydrogen-bond donors (Lipinski definition) is 0. The molecular weight excluding hydrogens is 198 g/mol. The first-order chi connectivity index (χ1) is 7.66. The van der Waals surface area contributed by atoms with Crippen molar-refractivity contribution in [1.82, 2.24) is 4.90 Å². The molecule has 1 fully saturated rings. The van der Waals surface area contributed by atoms with E-state index in [1.54, 1.807) is 6.92 Å². The summed E-state index contributed by atoms with van der Waals surface area (Å²) in [6.07, 6.45) is 10.2. The second-order valence-corrected chi connectivity index (χ2v) is 4.65. The highest BCUT2D eigenvalue weighted by molar-refractivity contribution is 5.74. The SMILES string of the molecule is C=CCCC1(CCC=C)CCCN1C(C)=O. The second kappa shape index (κ2) is 5.88. The van der Waals surface area contributed by atoms with Crippen LogP contribution in [0.25, 0.3) is 0 Å². The summed E-state index contributed by atoms with van der Waals surface area (Å²) in [7, 11) is 0. The Morgan fingerprint density at radius 2 is 1.88 bits per heavy atom. The molecule has 1 saturated heterocycles. The molecule has 0 aliphatic carbocycles. The molecule has 0 bridgehead atoms. The van der Waals surface area contributed by atoms with E-state index >= 15 is 0 Å². The summed E-state index contributed by atoms with van der Waals surface area (Å²) >= 11 is 0. The van der Waals surface area contributed by atoms with E-state index < -0.39 is 0 Å². The zero-order chi connectivity index (χ0) is 12.0. The zero-order valence-electron chi connectivity index (χ0n) is 10.4. The third-order valence-electron chi connectivity index (χ3n) is 3.60. The van der Waals surface area contributed by atoms with E-state index in [1.165, 1.54) is 0 Å². The third kappa shape index (κ3) is 2.75. The number of allylic oxidation sites excluding steroid dienone is 2. The van der Waals surface area contributed by atoms with Crippen LogP contribution in [0.1, 0.15) is 45.4 Å². The molecule has 2 nitrogen and oxygen atoms in total. The van der Waals surface area contributed by atoms with E-state index in [0.717, 1.165) is 45.1 Å². The van der Waals surface area contributed by atoms with E-state index in [4.69, 9.17) is 0 Å². The van der Waals surface area contributed by atoms with Crippen LogP contribution in [0.5, 0.6) is 0 Å². The number of rotatable bonds is 6. The normalized spacial score (nSPS) is 18.4.